The van der Waals surface area contributed by atoms with Gasteiger partial charge in [-0.15, -0.1) is 0 Å². The molecular weight excluding hydrogens is 515 g/mol. The van der Waals surface area contributed by atoms with E-state index in [0.717, 1.165) is 27.9 Å². The number of halogens is 5. The van der Waals surface area contributed by atoms with E-state index in [9.17, 15) is 31.5 Å². The molecule has 0 aromatic carbocycles. The van der Waals surface area contributed by atoms with E-state index in [2.05, 4.69) is 20.1 Å². The second kappa shape index (κ2) is 9.13. The third-order valence-corrected chi connectivity index (χ3v) is 7.00. The summed E-state index contributed by atoms with van der Waals surface area (Å²) in [6.45, 7) is 3.56. The van der Waals surface area contributed by atoms with E-state index < -0.39 is 42.3 Å². The topological polar surface area (TPSA) is 100 Å². The van der Waals surface area contributed by atoms with Crippen LogP contribution in [0.3, 0.4) is 0 Å². The Kier molecular flexibility index (Phi) is 6.18. The molecule has 3 amide bonds. The molecule has 2 saturated heterocycles. The molecule has 0 bridgehead atoms. The molecule has 5 rings (SSSR count). The van der Waals surface area contributed by atoms with Crippen molar-refractivity contribution in [1.29, 1.82) is 0 Å². The van der Waals surface area contributed by atoms with E-state index in [1.54, 1.807) is 18.7 Å². The Morgan fingerprint density at radius 2 is 1.79 bits per heavy atom. The van der Waals surface area contributed by atoms with Gasteiger partial charge in [-0.1, -0.05) is 0 Å². The third kappa shape index (κ3) is 4.09. The highest BCUT2D eigenvalue weighted by molar-refractivity contribution is 6.23. The zero-order chi connectivity index (χ0) is 27.4. The zero-order valence-corrected chi connectivity index (χ0v) is 20.4. The van der Waals surface area contributed by atoms with Crippen molar-refractivity contribution in [2.24, 2.45) is 0 Å². The molecule has 0 aliphatic carbocycles. The number of nitrogens with zero attached hydrogens (tertiary/aromatic N) is 8. The van der Waals surface area contributed by atoms with Crippen molar-refractivity contribution in [3.63, 3.8) is 0 Å². The van der Waals surface area contributed by atoms with Crippen molar-refractivity contribution in [1.82, 2.24) is 29.6 Å². The molecule has 3 aromatic rings. The summed E-state index contributed by atoms with van der Waals surface area (Å²) < 4.78 is 65.9. The van der Waals surface area contributed by atoms with E-state index >= 15 is 0 Å². The number of rotatable bonds is 5. The summed E-state index contributed by atoms with van der Waals surface area (Å²) in [5.74, 6) is -0.251. The number of aryl methyl sites for hydroxylation is 1. The summed E-state index contributed by atoms with van der Waals surface area (Å²) in [4.78, 5) is 43.1. The lowest BCUT2D eigenvalue weighted by Crippen LogP contribution is -2.56. The van der Waals surface area contributed by atoms with E-state index in [1.165, 1.54) is 11.1 Å². The Balaban J connectivity index is 1.39. The van der Waals surface area contributed by atoms with E-state index in [-0.39, 0.29) is 49.8 Å². The highest BCUT2D eigenvalue weighted by Crippen LogP contribution is 2.40. The van der Waals surface area contributed by atoms with Gasteiger partial charge in [-0.25, -0.2) is 33.1 Å². The molecule has 2 aliphatic heterocycles. The van der Waals surface area contributed by atoms with Crippen LogP contribution in [-0.2, 0) is 17.5 Å². The van der Waals surface area contributed by atoms with Gasteiger partial charge in [0.05, 0.1) is 23.0 Å². The molecule has 5 heterocycles. The minimum absolute atomic E-state index is 0.0396. The lowest BCUT2D eigenvalue weighted by molar-refractivity contribution is -0.141. The Bertz CT molecular complexity index is 1380. The molecule has 0 N–H and O–H groups in total. The quantitative estimate of drug-likeness (QED) is 0.361. The van der Waals surface area contributed by atoms with Gasteiger partial charge < -0.3 is 9.80 Å². The molecule has 0 atom stereocenters. The van der Waals surface area contributed by atoms with Crippen LogP contribution in [0.25, 0.3) is 11.0 Å². The molecular formula is C23H23F5N8O2. The summed E-state index contributed by atoms with van der Waals surface area (Å²) in [6, 6.07) is 1.16. The molecule has 0 saturated carbocycles. The van der Waals surface area contributed by atoms with Gasteiger partial charge in [-0.2, -0.15) is 23.3 Å². The molecule has 3 aromatic heterocycles. The van der Waals surface area contributed by atoms with Crippen LogP contribution in [0.15, 0.2) is 24.5 Å². The first kappa shape index (κ1) is 25.7. The number of imide groups is 1. The SMILES string of the molecule is CCN1C(=O)N(c2ccc(C(F)(F)F)nc2)C(=O)C12CCN(c1ncc3c(C)nn(CC(F)F)c3n1)CC2. The molecule has 38 heavy (non-hydrogen) atoms. The summed E-state index contributed by atoms with van der Waals surface area (Å²) in [5, 5.41) is 4.68. The number of pyridine rings is 1. The maximum Gasteiger partial charge on any atom is 0.433 e. The minimum Gasteiger partial charge on any atom is -0.341 e. The maximum absolute atomic E-state index is 13.6. The second-order valence-corrected chi connectivity index (χ2v) is 9.15. The monoisotopic (exact) mass is 538 g/mol. The molecule has 10 nitrogen and oxygen atoms in total. The molecule has 2 aliphatic rings. The van der Waals surface area contributed by atoms with Crippen LogP contribution < -0.4 is 9.80 Å². The molecule has 0 unspecified atom stereocenters. The summed E-state index contributed by atoms with van der Waals surface area (Å²) >= 11 is 0. The van der Waals surface area contributed by atoms with Crippen LogP contribution in [0.1, 0.15) is 31.2 Å². The molecule has 0 radical (unpaired) electrons. The van der Waals surface area contributed by atoms with Crippen LogP contribution in [0, 0.1) is 6.92 Å². The summed E-state index contributed by atoms with van der Waals surface area (Å²) in [7, 11) is 0. The van der Waals surface area contributed by atoms with E-state index in [1.807, 2.05) is 0 Å². The Labute approximate surface area is 213 Å². The summed E-state index contributed by atoms with van der Waals surface area (Å²) in [6.07, 6.45) is -4.44. The van der Waals surface area contributed by atoms with Crippen molar-refractivity contribution in [2.75, 3.05) is 29.4 Å². The predicted molar refractivity (Wildman–Crippen MR) is 125 cm³/mol. The van der Waals surface area contributed by atoms with Crippen molar-refractivity contribution in [3.8, 4) is 0 Å². The largest absolute Gasteiger partial charge is 0.433 e. The molecule has 202 valence electrons. The van der Waals surface area contributed by atoms with Gasteiger partial charge in [0, 0.05) is 25.8 Å². The number of piperidine rings is 1. The predicted octanol–water partition coefficient (Wildman–Crippen LogP) is 3.64. The number of alkyl halides is 5. The lowest BCUT2D eigenvalue weighted by atomic mass is 9.86. The maximum atomic E-state index is 13.6. The van der Waals surface area contributed by atoms with Gasteiger partial charge in [-0.05, 0) is 38.8 Å². The fraction of sp³-hybridized carbons (Fsp3) is 0.478. The molecule has 15 heteroatoms. The normalized spacial score (nSPS) is 18.1. The van der Waals surface area contributed by atoms with Gasteiger partial charge in [0.25, 0.3) is 12.3 Å². The smallest absolute Gasteiger partial charge is 0.341 e. The average Bonchev–Trinajstić information content (AvgIpc) is 3.28. The lowest BCUT2D eigenvalue weighted by Gasteiger charge is -2.41. The minimum atomic E-state index is -4.65. The van der Waals surface area contributed by atoms with E-state index in [0.29, 0.717) is 11.1 Å². The van der Waals surface area contributed by atoms with Crippen LogP contribution in [0.5, 0.6) is 0 Å². The first-order chi connectivity index (χ1) is 18.0. The van der Waals surface area contributed by atoms with Gasteiger partial charge in [0.1, 0.15) is 17.8 Å². The highest BCUT2D eigenvalue weighted by atomic mass is 19.4. The number of hydrogen-bond acceptors (Lipinski definition) is 7. The van der Waals surface area contributed by atoms with Gasteiger partial charge in [0.2, 0.25) is 5.95 Å². The van der Waals surface area contributed by atoms with Gasteiger partial charge in [0.15, 0.2) is 5.65 Å². The Morgan fingerprint density at radius 1 is 1.08 bits per heavy atom. The number of urea groups is 1. The van der Waals surface area contributed by atoms with Crippen LogP contribution in [0.4, 0.5) is 38.4 Å². The van der Waals surface area contributed by atoms with Gasteiger partial charge >= 0.3 is 12.2 Å². The fourth-order valence-electron chi connectivity index (χ4n) is 5.13. The molecule has 1 spiro atoms. The number of amides is 3. The zero-order valence-electron chi connectivity index (χ0n) is 20.4. The average molecular weight is 538 g/mol. The van der Waals surface area contributed by atoms with Crippen molar-refractivity contribution < 1.29 is 31.5 Å². The van der Waals surface area contributed by atoms with Crippen LogP contribution in [-0.4, -0.2) is 73.2 Å². The number of anilines is 2. The van der Waals surface area contributed by atoms with Crippen molar-refractivity contribution in [3.05, 3.63) is 35.9 Å². The number of likely N-dealkylation sites (N-methyl/N-ethyl adjacent to an activating group) is 1. The van der Waals surface area contributed by atoms with E-state index in [4.69, 9.17) is 0 Å². The number of carbonyl (C=O) groups is 2. The van der Waals surface area contributed by atoms with Crippen LogP contribution in [0.2, 0.25) is 0 Å². The number of hydrogen-bond donors (Lipinski definition) is 0. The van der Waals surface area contributed by atoms with Crippen LogP contribution >= 0.6 is 0 Å². The summed E-state index contributed by atoms with van der Waals surface area (Å²) in [5.41, 5.74) is -1.56. The Morgan fingerprint density at radius 3 is 2.37 bits per heavy atom. The second-order valence-electron chi connectivity index (χ2n) is 9.15. The third-order valence-electron chi connectivity index (χ3n) is 7.00. The first-order valence-electron chi connectivity index (χ1n) is 11.9. The number of aromatic nitrogens is 5. The standard InChI is InChI=1S/C23H23F5N8O2/c1-3-34-21(38)36(14-4-5-16(29-10-14)23(26,27)28)19(37)22(34)6-8-33(9-7-22)20-30-11-15-13(2)32-35(12-17(24)25)18(15)31-20/h4-5,10-11,17H,3,6-9,12H2,1-2H3. The first-order valence-corrected chi connectivity index (χ1v) is 11.9. The highest BCUT2D eigenvalue weighted by Gasteiger charge is 2.58. The number of carbonyl (C=O) groups excluding carboxylic acids is 2. The van der Waals surface area contributed by atoms with Gasteiger partial charge in [-0.3, -0.25) is 4.79 Å². The van der Waals surface area contributed by atoms with Crippen molar-refractivity contribution >= 4 is 34.6 Å². The Hall–Kier alpha value is -3.91. The fourth-order valence-corrected chi connectivity index (χ4v) is 5.13. The van der Waals surface area contributed by atoms with Crippen molar-refractivity contribution in [2.45, 2.75) is 51.4 Å². The number of fused-ring (bicyclic) bond motifs is 1. The molecule has 2 fully saturated rings.